The molecule has 0 N–H and O–H groups in total. The number of hydrogen-bond acceptors (Lipinski definition) is 5. The standard InChI is InChI=1S/C19H18BrF3N4O3/c20-13-4-1-5-14(8-13)27-10-12(7-15(27)28)17(29)26-6-2-3-11(9-26)16-24-25-18(30-16)19(21,22)23/h1,4-5,8,11-12H,2-3,6-7,9-10H2. The molecule has 0 spiro atoms. The van der Waals surface area contributed by atoms with Gasteiger partial charge in [0.25, 0.3) is 0 Å². The second kappa shape index (κ2) is 8.01. The van der Waals surface area contributed by atoms with Gasteiger partial charge in [-0.05, 0) is 31.0 Å². The molecule has 7 nitrogen and oxygen atoms in total. The molecule has 1 aromatic carbocycles. The summed E-state index contributed by atoms with van der Waals surface area (Å²) in [5.41, 5.74) is 0.715. The van der Waals surface area contributed by atoms with E-state index in [-0.39, 0.29) is 37.2 Å². The zero-order valence-corrected chi connectivity index (χ0v) is 17.3. The van der Waals surface area contributed by atoms with Crippen molar-refractivity contribution in [1.82, 2.24) is 15.1 Å². The quantitative estimate of drug-likeness (QED) is 0.661. The number of amides is 2. The number of likely N-dealkylation sites (tertiary alicyclic amines) is 1. The Morgan fingerprint density at radius 2 is 2.03 bits per heavy atom. The molecule has 2 aliphatic heterocycles. The Kier molecular flexibility index (Phi) is 5.56. The van der Waals surface area contributed by atoms with Crippen LogP contribution in [0.25, 0.3) is 0 Å². The van der Waals surface area contributed by atoms with Gasteiger partial charge < -0.3 is 14.2 Å². The lowest BCUT2D eigenvalue weighted by molar-refractivity contribution is -0.157. The number of anilines is 1. The molecule has 2 amide bonds. The van der Waals surface area contributed by atoms with E-state index in [1.807, 2.05) is 18.2 Å². The molecule has 30 heavy (non-hydrogen) atoms. The van der Waals surface area contributed by atoms with Crippen LogP contribution >= 0.6 is 15.9 Å². The highest BCUT2D eigenvalue weighted by Gasteiger charge is 2.41. The average Bonchev–Trinajstić information content (AvgIpc) is 3.35. The molecule has 2 unspecified atom stereocenters. The Bertz CT molecular complexity index is 964. The van der Waals surface area contributed by atoms with Crippen LogP contribution in [0.2, 0.25) is 0 Å². The summed E-state index contributed by atoms with van der Waals surface area (Å²) >= 11 is 3.38. The van der Waals surface area contributed by atoms with Gasteiger partial charge in [0.05, 0.1) is 11.8 Å². The van der Waals surface area contributed by atoms with Crippen LogP contribution in [0.5, 0.6) is 0 Å². The van der Waals surface area contributed by atoms with Crippen molar-refractivity contribution in [2.75, 3.05) is 24.5 Å². The summed E-state index contributed by atoms with van der Waals surface area (Å²) in [7, 11) is 0. The van der Waals surface area contributed by atoms with E-state index < -0.39 is 23.9 Å². The van der Waals surface area contributed by atoms with Crippen molar-refractivity contribution in [3.05, 3.63) is 40.5 Å². The van der Waals surface area contributed by atoms with Crippen molar-refractivity contribution in [3.63, 3.8) is 0 Å². The summed E-state index contributed by atoms with van der Waals surface area (Å²) in [5, 5.41) is 6.60. The molecule has 11 heteroatoms. The van der Waals surface area contributed by atoms with Crippen molar-refractivity contribution in [2.45, 2.75) is 31.4 Å². The number of halogens is 4. The molecule has 3 heterocycles. The largest absolute Gasteiger partial charge is 0.470 e. The summed E-state index contributed by atoms with van der Waals surface area (Å²) in [6.45, 7) is 0.950. The highest BCUT2D eigenvalue weighted by molar-refractivity contribution is 9.10. The Morgan fingerprint density at radius 1 is 1.23 bits per heavy atom. The van der Waals surface area contributed by atoms with Gasteiger partial charge in [-0.2, -0.15) is 13.2 Å². The predicted octanol–water partition coefficient (Wildman–Crippen LogP) is 3.61. The number of alkyl halides is 3. The third kappa shape index (κ3) is 4.21. The van der Waals surface area contributed by atoms with Gasteiger partial charge in [-0.1, -0.05) is 22.0 Å². The van der Waals surface area contributed by atoms with Gasteiger partial charge in [-0.15, -0.1) is 10.2 Å². The maximum absolute atomic E-state index is 13.0. The number of rotatable bonds is 3. The number of carbonyl (C=O) groups excluding carboxylic acids is 2. The van der Waals surface area contributed by atoms with Gasteiger partial charge >= 0.3 is 12.1 Å². The second-order valence-corrected chi connectivity index (χ2v) is 8.37. The SMILES string of the molecule is O=C(C1CC(=O)N(c2cccc(Br)c2)C1)N1CCCC(c2nnc(C(F)(F)F)o2)C1. The molecule has 0 saturated carbocycles. The van der Waals surface area contributed by atoms with Gasteiger partial charge in [0.15, 0.2) is 0 Å². The highest BCUT2D eigenvalue weighted by atomic mass is 79.9. The summed E-state index contributed by atoms with van der Waals surface area (Å²) < 4.78 is 43.8. The van der Waals surface area contributed by atoms with E-state index in [4.69, 9.17) is 4.42 Å². The average molecular weight is 487 g/mol. The second-order valence-electron chi connectivity index (χ2n) is 7.45. The van der Waals surface area contributed by atoms with Gasteiger partial charge in [0.2, 0.25) is 17.7 Å². The first-order valence-corrected chi connectivity index (χ1v) is 10.3. The van der Waals surface area contributed by atoms with Gasteiger partial charge in [0.1, 0.15) is 0 Å². The zero-order valence-electron chi connectivity index (χ0n) is 15.7. The molecule has 0 aliphatic carbocycles. The van der Waals surface area contributed by atoms with E-state index in [0.29, 0.717) is 25.1 Å². The Balaban J connectivity index is 1.43. The van der Waals surface area contributed by atoms with Crippen LogP contribution in [-0.2, 0) is 15.8 Å². The molecular weight excluding hydrogens is 469 g/mol. The minimum absolute atomic E-state index is 0.102. The van der Waals surface area contributed by atoms with E-state index in [2.05, 4.69) is 26.1 Å². The number of benzene rings is 1. The number of carbonyl (C=O) groups is 2. The third-order valence-corrected chi connectivity index (χ3v) is 5.85. The van der Waals surface area contributed by atoms with Crippen LogP contribution in [0, 0.1) is 5.92 Å². The highest BCUT2D eigenvalue weighted by Crippen LogP contribution is 2.33. The van der Waals surface area contributed by atoms with E-state index >= 15 is 0 Å². The summed E-state index contributed by atoms with van der Waals surface area (Å²) in [5.74, 6) is -2.76. The van der Waals surface area contributed by atoms with Gasteiger partial charge in [0, 0.05) is 36.2 Å². The number of aromatic nitrogens is 2. The van der Waals surface area contributed by atoms with Crippen molar-refractivity contribution in [2.24, 2.45) is 5.92 Å². The van der Waals surface area contributed by atoms with Crippen LogP contribution in [0.1, 0.15) is 37.0 Å². The molecular formula is C19H18BrF3N4O3. The normalized spacial score (nSPS) is 22.6. The summed E-state index contributed by atoms with van der Waals surface area (Å²) in [4.78, 5) is 28.7. The smallest absolute Gasteiger partial charge is 0.417 e. The van der Waals surface area contributed by atoms with Crippen molar-refractivity contribution in [1.29, 1.82) is 0 Å². The van der Waals surface area contributed by atoms with Crippen molar-refractivity contribution in [3.8, 4) is 0 Å². The predicted molar refractivity (Wildman–Crippen MR) is 102 cm³/mol. The molecule has 2 saturated heterocycles. The molecule has 4 rings (SSSR count). The molecule has 2 atom stereocenters. The molecule has 2 aromatic rings. The Labute approximate surface area is 178 Å². The number of piperidine rings is 1. The van der Waals surface area contributed by atoms with Crippen LogP contribution in [0.4, 0.5) is 18.9 Å². The van der Waals surface area contributed by atoms with Crippen LogP contribution < -0.4 is 4.90 Å². The fourth-order valence-electron chi connectivity index (χ4n) is 3.92. The molecule has 2 fully saturated rings. The van der Waals surface area contributed by atoms with Crippen LogP contribution in [0.3, 0.4) is 0 Å². The van der Waals surface area contributed by atoms with Gasteiger partial charge in [-0.25, -0.2) is 0 Å². The lowest BCUT2D eigenvalue weighted by Gasteiger charge is -2.32. The molecule has 0 bridgehead atoms. The molecule has 2 aliphatic rings. The maximum Gasteiger partial charge on any atom is 0.470 e. The molecule has 0 radical (unpaired) electrons. The fraction of sp³-hybridized carbons (Fsp3) is 0.474. The summed E-state index contributed by atoms with van der Waals surface area (Å²) in [6.07, 6.45) is -3.44. The summed E-state index contributed by atoms with van der Waals surface area (Å²) in [6, 6.07) is 7.29. The van der Waals surface area contributed by atoms with E-state index in [1.165, 1.54) is 0 Å². The fourth-order valence-corrected chi connectivity index (χ4v) is 4.30. The van der Waals surface area contributed by atoms with Crippen LogP contribution in [0.15, 0.2) is 33.2 Å². The Hall–Kier alpha value is -2.43. The van der Waals surface area contributed by atoms with Crippen molar-refractivity contribution >= 4 is 33.4 Å². The van der Waals surface area contributed by atoms with Crippen molar-refractivity contribution < 1.29 is 27.2 Å². The minimum Gasteiger partial charge on any atom is -0.417 e. The first-order valence-electron chi connectivity index (χ1n) is 9.47. The molecule has 1 aromatic heterocycles. The van der Waals surface area contributed by atoms with Gasteiger partial charge in [-0.3, -0.25) is 9.59 Å². The monoisotopic (exact) mass is 486 g/mol. The zero-order chi connectivity index (χ0) is 21.5. The van der Waals surface area contributed by atoms with E-state index in [9.17, 15) is 22.8 Å². The lowest BCUT2D eigenvalue weighted by atomic mass is 9.96. The topological polar surface area (TPSA) is 79.5 Å². The van der Waals surface area contributed by atoms with E-state index in [1.54, 1.807) is 15.9 Å². The minimum atomic E-state index is -4.70. The van der Waals surface area contributed by atoms with E-state index in [0.717, 1.165) is 4.47 Å². The lowest BCUT2D eigenvalue weighted by Crippen LogP contribution is -2.43. The maximum atomic E-state index is 13.0. The van der Waals surface area contributed by atoms with Crippen LogP contribution in [-0.4, -0.2) is 46.5 Å². The molecule has 160 valence electrons. The third-order valence-electron chi connectivity index (χ3n) is 5.36. The number of nitrogens with zero attached hydrogens (tertiary/aromatic N) is 4. The number of hydrogen-bond donors (Lipinski definition) is 0. The first-order chi connectivity index (χ1) is 14.2. The first kappa shape index (κ1) is 20.8. The Morgan fingerprint density at radius 3 is 2.73 bits per heavy atom.